The van der Waals surface area contributed by atoms with Gasteiger partial charge in [-0.25, -0.2) is 4.98 Å². The van der Waals surface area contributed by atoms with Gasteiger partial charge >= 0.3 is 0 Å². The Morgan fingerprint density at radius 3 is 2.52 bits per heavy atom. The second-order valence-electron chi connectivity index (χ2n) is 6.42. The maximum absolute atomic E-state index is 13.3. The van der Waals surface area contributed by atoms with Crippen LogP contribution in [0.1, 0.15) is 24.4 Å². The van der Waals surface area contributed by atoms with Crippen LogP contribution in [0.3, 0.4) is 0 Å². The molecule has 0 N–H and O–H groups in total. The first-order valence-electron chi connectivity index (χ1n) is 8.44. The van der Waals surface area contributed by atoms with Crippen LogP contribution in [0, 0.1) is 6.92 Å². The van der Waals surface area contributed by atoms with Crippen LogP contribution >= 0.6 is 23.2 Å². The van der Waals surface area contributed by atoms with Crippen LogP contribution in [0.4, 0.5) is 0 Å². The van der Waals surface area contributed by atoms with Gasteiger partial charge in [0.15, 0.2) is 0 Å². The summed E-state index contributed by atoms with van der Waals surface area (Å²) < 4.78 is 1.54. The van der Waals surface area contributed by atoms with Gasteiger partial charge in [-0.3, -0.25) is 14.2 Å². The van der Waals surface area contributed by atoms with Crippen molar-refractivity contribution < 1.29 is 4.79 Å². The summed E-state index contributed by atoms with van der Waals surface area (Å²) in [4.78, 5) is 31.5. The summed E-state index contributed by atoms with van der Waals surface area (Å²) in [5.74, 6) is 0.0503. The van der Waals surface area contributed by atoms with E-state index < -0.39 is 6.04 Å². The molecule has 0 saturated heterocycles. The van der Waals surface area contributed by atoms with Crippen LogP contribution in [-0.2, 0) is 4.79 Å². The van der Waals surface area contributed by atoms with Crippen molar-refractivity contribution in [3.8, 4) is 5.69 Å². The molecule has 7 heteroatoms. The molecule has 0 unspecified atom stereocenters. The van der Waals surface area contributed by atoms with Gasteiger partial charge in [0.1, 0.15) is 11.7 Å². The van der Waals surface area contributed by atoms with E-state index in [-0.39, 0.29) is 17.3 Å². The molecule has 0 aliphatic rings. The van der Waals surface area contributed by atoms with Crippen molar-refractivity contribution in [3.05, 3.63) is 69.2 Å². The fourth-order valence-corrected chi connectivity index (χ4v) is 3.24. The lowest BCUT2D eigenvalue weighted by Crippen LogP contribution is -2.35. The lowest BCUT2D eigenvalue weighted by atomic mass is 10.1. The molecule has 0 aliphatic heterocycles. The lowest BCUT2D eigenvalue weighted by molar-refractivity contribution is -0.129. The predicted octanol–water partition coefficient (Wildman–Crippen LogP) is 4.11. The van der Waals surface area contributed by atoms with E-state index in [2.05, 4.69) is 4.98 Å². The number of hydrogen-bond donors (Lipinski definition) is 0. The molecular formula is C20H19Cl2N3O2. The fraction of sp³-hybridized carbons (Fsp3) is 0.250. The van der Waals surface area contributed by atoms with Crippen LogP contribution in [0.2, 0.25) is 5.02 Å². The molecule has 0 saturated carbocycles. The van der Waals surface area contributed by atoms with E-state index >= 15 is 0 Å². The fourth-order valence-electron chi connectivity index (χ4n) is 2.88. The zero-order chi connectivity index (χ0) is 19.7. The first-order chi connectivity index (χ1) is 12.8. The van der Waals surface area contributed by atoms with E-state index in [1.54, 1.807) is 29.8 Å². The molecule has 3 aromatic rings. The summed E-state index contributed by atoms with van der Waals surface area (Å²) in [6.07, 6.45) is 0. The first-order valence-corrected chi connectivity index (χ1v) is 9.35. The number of rotatable bonds is 4. The van der Waals surface area contributed by atoms with Crippen molar-refractivity contribution in [3.63, 3.8) is 0 Å². The molecule has 5 nitrogen and oxygen atoms in total. The number of nitrogens with zero attached hydrogens (tertiary/aromatic N) is 3. The number of aryl methyl sites for hydroxylation is 1. The lowest BCUT2D eigenvalue weighted by Gasteiger charge is -2.26. The molecule has 140 valence electrons. The number of hydrogen-bond acceptors (Lipinski definition) is 3. The largest absolute Gasteiger partial charge is 0.335 e. The molecule has 0 fully saturated rings. The monoisotopic (exact) mass is 403 g/mol. The van der Waals surface area contributed by atoms with E-state index in [0.717, 1.165) is 5.56 Å². The third-order valence-electron chi connectivity index (χ3n) is 4.61. The quantitative estimate of drug-likeness (QED) is 0.615. The van der Waals surface area contributed by atoms with Crippen molar-refractivity contribution in [1.29, 1.82) is 0 Å². The van der Waals surface area contributed by atoms with Crippen molar-refractivity contribution in [2.75, 3.05) is 12.9 Å². The normalized spacial score (nSPS) is 12.2. The topological polar surface area (TPSA) is 55.2 Å². The van der Waals surface area contributed by atoms with Crippen LogP contribution < -0.4 is 5.56 Å². The van der Waals surface area contributed by atoms with Crippen molar-refractivity contribution in [2.45, 2.75) is 19.9 Å². The van der Waals surface area contributed by atoms with Crippen molar-refractivity contribution >= 4 is 40.0 Å². The molecule has 1 heterocycles. The second kappa shape index (κ2) is 7.71. The standard InChI is InChI=1S/C20H19Cl2N3O2/c1-12-4-7-15(8-5-12)25-19(13(2)24(3)18(26)11-21)23-17-10-14(22)6-9-16(17)20(25)27/h4-10,13H,11H2,1-3H3/t13-/m1/s1. The maximum Gasteiger partial charge on any atom is 0.266 e. The minimum Gasteiger partial charge on any atom is -0.335 e. The SMILES string of the molecule is Cc1ccc(-n2c([C@@H](C)N(C)C(=O)CCl)nc3cc(Cl)ccc3c2=O)cc1. The maximum atomic E-state index is 13.3. The summed E-state index contributed by atoms with van der Waals surface area (Å²) in [7, 11) is 1.64. The molecule has 3 rings (SSSR count). The Hall–Kier alpha value is -2.37. The highest BCUT2D eigenvalue weighted by molar-refractivity contribution is 6.31. The zero-order valence-electron chi connectivity index (χ0n) is 15.2. The molecule has 0 aliphatic carbocycles. The van der Waals surface area contributed by atoms with Gasteiger partial charge in [-0.2, -0.15) is 0 Å². The van der Waals surface area contributed by atoms with Crippen LogP contribution in [-0.4, -0.2) is 33.3 Å². The van der Waals surface area contributed by atoms with Crippen molar-refractivity contribution in [2.24, 2.45) is 0 Å². The van der Waals surface area contributed by atoms with Gasteiger partial charge in [-0.15, -0.1) is 11.6 Å². The van der Waals surface area contributed by atoms with Gasteiger partial charge in [-0.05, 0) is 44.2 Å². The molecule has 1 amide bonds. The summed E-state index contributed by atoms with van der Waals surface area (Å²) in [6.45, 7) is 3.79. The van der Waals surface area contributed by atoms with Gasteiger partial charge in [0.05, 0.1) is 22.6 Å². The minimum atomic E-state index is -0.464. The summed E-state index contributed by atoms with van der Waals surface area (Å²) in [5, 5.41) is 0.952. The Bertz CT molecular complexity index is 1060. The minimum absolute atomic E-state index is 0.144. The molecular weight excluding hydrogens is 385 g/mol. The van der Waals surface area contributed by atoms with Gasteiger partial charge < -0.3 is 4.90 Å². The number of carbonyl (C=O) groups is 1. The number of amides is 1. The Balaban J connectivity index is 2.31. The van der Waals surface area contributed by atoms with E-state index in [4.69, 9.17) is 23.2 Å². The van der Waals surface area contributed by atoms with Gasteiger partial charge in [0.25, 0.3) is 5.56 Å². The highest BCUT2D eigenvalue weighted by Crippen LogP contribution is 2.23. The number of alkyl halides is 1. The number of aromatic nitrogens is 2. The number of halogens is 2. The average Bonchev–Trinajstić information content (AvgIpc) is 2.66. The molecule has 27 heavy (non-hydrogen) atoms. The van der Waals surface area contributed by atoms with E-state index in [1.807, 2.05) is 38.1 Å². The molecule has 0 radical (unpaired) electrons. The third kappa shape index (κ3) is 3.70. The summed E-state index contributed by atoms with van der Waals surface area (Å²) in [5.41, 5.74) is 2.04. The average molecular weight is 404 g/mol. The van der Waals surface area contributed by atoms with Crippen LogP contribution in [0.5, 0.6) is 0 Å². The highest BCUT2D eigenvalue weighted by Gasteiger charge is 2.23. The van der Waals surface area contributed by atoms with Gasteiger partial charge in [0.2, 0.25) is 5.91 Å². The van der Waals surface area contributed by atoms with Gasteiger partial charge in [0, 0.05) is 12.1 Å². The molecule has 2 aromatic carbocycles. The van der Waals surface area contributed by atoms with Gasteiger partial charge in [-0.1, -0.05) is 29.3 Å². The van der Waals surface area contributed by atoms with E-state index in [1.165, 1.54) is 4.90 Å². The predicted molar refractivity (Wildman–Crippen MR) is 109 cm³/mol. The second-order valence-corrected chi connectivity index (χ2v) is 7.13. The third-order valence-corrected chi connectivity index (χ3v) is 5.08. The smallest absolute Gasteiger partial charge is 0.266 e. The van der Waals surface area contributed by atoms with Crippen LogP contribution in [0.25, 0.3) is 16.6 Å². The zero-order valence-corrected chi connectivity index (χ0v) is 16.8. The molecule has 1 atom stereocenters. The molecule has 0 spiro atoms. The van der Waals surface area contributed by atoms with E-state index in [9.17, 15) is 9.59 Å². The Morgan fingerprint density at radius 1 is 1.22 bits per heavy atom. The number of benzene rings is 2. The van der Waals surface area contributed by atoms with E-state index in [0.29, 0.717) is 27.4 Å². The summed E-state index contributed by atoms with van der Waals surface area (Å²) in [6, 6.07) is 12.1. The number of carbonyl (C=O) groups excluding carboxylic acids is 1. The summed E-state index contributed by atoms with van der Waals surface area (Å²) >= 11 is 11.8. The highest BCUT2D eigenvalue weighted by atomic mass is 35.5. The molecule has 0 bridgehead atoms. The Labute approximate surface area is 167 Å². The van der Waals surface area contributed by atoms with Crippen LogP contribution in [0.15, 0.2) is 47.3 Å². The number of fused-ring (bicyclic) bond motifs is 1. The Morgan fingerprint density at radius 2 is 1.89 bits per heavy atom. The first kappa shape index (κ1) is 19.4. The molecule has 1 aromatic heterocycles. The Kier molecular flexibility index (Phi) is 5.53. The van der Waals surface area contributed by atoms with Crippen molar-refractivity contribution in [1.82, 2.24) is 14.5 Å².